The second kappa shape index (κ2) is 13.6. The number of rotatable bonds is 5. The van der Waals surface area contributed by atoms with Crippen molar-refractivity contribution in [3.05, 3.63) is 235 Å². The lowest BCUT2D eigenvalue weighted by Crippen LogP contribution is -2.25. The molecule has 0 atom stereocenters. The minimum Gasteiger partial charge on any atom is -0.208 e. The minimum absolute atomic E-state index is 0.389. The van der Waals surface area contributed by atoms with E-state index in [2.05, 4.69) is 194 Å². The Morgan fingerprint density at radius 2 is 0.710 bits per heavy atom. The Morgan fingerprint density at radius 1 is 0.274 bits per heavy atom. The van der Waals surface area contributed by atoms with Gasteiger partial charge < -0.3 is 0 Å². The molecule has 0 aliphatic heterocycles. The van der Waals surface area contributed by atoms with Crippen molar-refractivity contribution in [1.82, 2.24) is 15.0 Å². The summed E-state index contributed by atoms with van der Waals surface area (Å²) in [5.41, 5.74) is 17.3. The van der Waals surface area contributed by atoms with Crippen molar-refractivity contribution < 1.29 is 0 Å². The van der Waals surface area contributed by atoms with E-state index in [1.165, 1.54) is 64.7 Å². The van der Waals surface area contributed by atoms with Gasteiger partial charge in [0.15, 0.2) is 17.5 Å². The average molecular weight is 806 g/mol. The van der Waals surface area contributed by atoms with Crippen molar-refractivity contribution in [2.75, 3.05) is 0 Å². The van der Waals surface area contributed by atoms with Crippen molar-refractivity contribution >= 4 is 31.5 Å². The number of thiophene rings is 1. The van der Waals surface area contributed by atoms with Crippen LogP contribution in [0.3, 0.4) is 0 Å². The molecule has 3 nitrogen and oxygen atoms in total. The molecule has 2 aliphatic rings. The molecule has 13 rings (SSSR count). The van der Waals surface area contributed by atoms with Gasteiger partial charge >= 0.3 is 0 Å². The summed E-state index contributed by atoms with van der Waals surface area (Å²) in [6.07, 6.45) is 0. The van der Waals surface area contributed by atoms with Crippen LogP contribution < -0.4 is 0 Å². The summed E-state index contributed by atoms with van der Waals surface area (Å²) < 4.78 is 2.56. The third-order valence-electron chi connectivity index (χ3n) is 13.0. The van der Waals surface area contributed by atoms with Crippen LogP contribution in [0.1, 0.15) is 22.3 Å². The van der Waals surface area contributed by atoms with Crippen molar-refractivity contribution in [1.29, 1.82) is 0 Å². The second-order valence-electron chi connectivity index (χ2n) is 16.2. The van der Waals surface area contributed by atoms with Crippen molar-refractivity contribution in [3.63, 3.8) is 0 Å². The summed E-state index contributed by atoms with van der Waals surface area (Å²) >= 11 is 1.83. The smallest absolute Gasteiger partial charge is 0.164 e. The van der Waals surface area contributed by atoms with Crippen LogP contribution in [0.2, 0.25) is 0 Å². The molecule has 0 saturated heterocycles. The molecule has 0 saturated carbocycles. The first-order valence-corrected chi connectivity index (χ1v) is 21.9. The van der Waals surface area contributed by atoms with E-state index in [4.69, 9.17) is 15.0 Å². The highest BCUT2D eigenvalue weighted by atomic mass is 32.1. The topological polar surface area (TPSA) is 38.7 Å². The lowest BCUT2D eigenvalue weighted by molar-refractivity contribution is 0.794. The van der Waals surface area contributed by atoms with Crippen molar-refractivity contribution in [2.24, 2.45) is 0 Å². The summed E-state index contributed by atoms with van der Waals surface area (Å²) in [7, 11) is 0. The van der Waals surface area contributed by atoms with Gasteiger partial charge in [0.25, 0.3) is 0 Å². The highest BCUT2D eigenvalue weighted by Gasteiger charge is 2.51. The summed E-state index contributed by atoms with van der Waals surface area (Å²) in [6.45, 7) is 0. The quantitative estimate of drug-likeness (QED) is 0.174. The van der Waals surface area contributed by atoms with E-state index in [1.807, 2.05) is 29.5 Å². The molecule has 0 fully saturated rings. The Hall–Kier alpha value is -7.79. The van der Waals surface area contributed by atoms with Gasteiger partial charge in [-0.3, -0.25) is 0 Å². The van der Waals surface area contributed by atoms with Crippen molar-refractivity contribution in [2.45, 2.75) is 5.41 Å². The molecule has 288 valence electrons. The molecule has 0 radical (unpaired) electrons. The van der Waals surface area contributed by atoms with E-state index in [0.717, 1.165) is 38.9 Å². The Labute approximate surface area is 363 Å². The standard InChI is InChI=1S/C58H35N3S/c1-2-16-36(17-3-1)55-59-56(61-57(60-55)47-25-7-5-19-40(47)38-30-32-45-44-23-11-15-29-53(44)62-54(45)35-38)46-24-6-4-18-39(46)37-31-33-52-48(34-37)43-22-10-14-28-51(43)58(52)49-26-12-8-20-41(49)42-21-9-13-27-50(42)58/h1-35H. The van der Waals surface area contributed by atoms with E-state index < -0.39 is 0 Å². The zero-order valence-corrected chi connectivity index (χ0v) is 34.3. The first kappa shape index (κ1) is 35.0. The van der Waals surface area contributed by atoms with Gasteiger partial charge in [-0.15, -0.1) is 11.3 Å². The van der Waals surface area contributed by atoms with E-state index in [9.17, 15) is 0 Å². The molecule has 4 heteroatoms. The highest BCUT2D eigenvalue weighted by Crippen LogP contribution is 2.63. The Kier molecular flexibility index (Phi) is 7.69. The van der Waals surface area contributed by atoms with E-state index in [-0.39, 0.29) is 5.41 Å². The molecule has 11 aromatic rings. The van der Waals surface area contributed by atoms with E-state index in [0.29, 0.717) is 17.5 Å². The van der Waals surface area contributed by atoms with Crippen LogP contribution in [0.15, 0.2) is 212 Å². The Bertz CT molecular complexity index is 3560. The van der Waals surface area contributed by atoms with Crippen LogP contribution in [0.25, 0.3) is 98.8 Å². The van der Waals surface area contributed by atoms with Gasteiger partial charge in [-0.25, -0.2) is 15.0 Å². The normalized spacial score (nSPS) is 13.0. The Morgan fingerprint density at radius 3 is 1.34 bits per heavy atom. The van der Waals surface area contributed by atoms with Gasteiger partial charge in [0.2, 0.25) is 0 Å². The van der Waals surface area contributed by atoms with Gasteiger partial charge in [0.1, 0.15) is 0 Å². The zero-order chi connectivity index (χ0) is 40.8. The van der Waals surface area contributed by atoms with Crippen LogP contribution in [-0.4, -0.2) is 15.0 Å². The molecule has 0 N–H and O–H groups in total. The fourth-order valence-electron chi connectivity index (χ4n) is 10.4. The summed E-state index contributed by atoms with van der Waals surface area (Å²) in [5.74, 6) is 1.91. The van der Waals surface area contributed by atoms with Crippen LogP contribution in [0.5, 0.6) is 0 Å². The van der Waals surface area contributed by atoms with Crippen LogP contribution >= 0.6 is 11.3 Å². The van der Waals surface area contributed by atoms with Crippen LogP contribution in [0, 0.1) is 0 Å². The summed E-state index contributed by atoms with van der Waals surface area (Å²) in [5, 5.41) is 2.57. The van der Waals surface area contributed by atoms with Gasteiger partial charge in [-0.05, 0) is 85.0 Å². The first-order chi connectivity index (χ1) is 30.7. The fraction of sp³-hybridized carbons (Fsp3) is 0.0172. The maximum Gasteiger partial charge on any atom is 0.164 e. The third kappa shape index (κ3) is 5.08. The van der Waals surface area contributed by atoms with Gasteiger partial charge in [-0.1, -0.05) is 194 Å². The molecule has 2 aliphatic carbocycles. The lowest BCUT2D eigenvalue weighted by atomic mass is 9.70. The lowest BCUT2D eigenvalue weighted by Gasteiger charge is -2.30. The molecular formula is C58H35N3S. The second-order valence-corrected chi connectivity index (χ2v) is 17.3. The van der Waals surface area contributed by atoms with E-state index in [1.54, 1.807) is 0 Å². The van der Waals surface area contributed by atoms with Crippen LogP contribution in [-0.2, 0) is 5.41 Å². The Balaban J connectivity index is 0.986. The monoisotopic (exact) mass is 805 g/mol. The molecule has 0 unspecified atom stereocenters. The number of fused-ring (bicyclic) bond motifs is 13. The minimum atomic E-state index is -0.389. The molecule has 62 heavy (non-hydrogen) atoms. The maximum absolute atomic E-state index is 5.37. The molecule has 2 heterocycles. The predicted molar refractivity (Wildman–Crippen MR) is 256 cm³/mol. The number of benzene rings is 9. The number of nitrogens with zero attached hydrogens (tertiary/aromatic N) is 3. The SMILES string of the molecule is c1ccc(-c2nc(-c3ccccc3-c3ccc4c(c3)-c3ccccc3C43c4ccccc4-c4ccccc43)nc(-c3ccccc3-c3ccc4c(c3)sc3ccccc34)n2)cc1. The van der Waals surface area contributed by atoms with Crippen LogP contribution in [0.4, 0.5) is 0 Å². The van der Waals surface area contributed by atoms with Gasteiger partial charge in [0.05, 0.1) is 5.41 Å². The number of hydrogen-bond acceptors (Lipinski definition) is 4. The average Bonchev–Trinajstić information content (AvgIpc) is 3.98. The fourth-order valence-corrected chi connectivity index (χ4v) is 11.5. The predicted octanol–water partition coefficient (Wildman–Crippen LogP) is 14.9. The molecule has 2 aromatic heterocycles. The molecule has 9 aromatic carbocycles. The molecule has 0 bridgehead atoms. The first-order valence-electron chi connectivity index (χ1n) is 21.1. The summed E-state index contributed by atoms with van der Waals surface area (Å²) in [6, 6.07) is 76.7. The largest absolute Gasteiger partial charge is 0.208 e. The van der Waals surface area contributed by atoms with Crippen molar-refractivity contribution in [3.8, 4) is 78.7 Å². The van der Waals surface area contributed by atoms with E-state index >= 15 is 0 Å². The third-order valence-corrected chi connectivity index (χ3v) is 14.1. The highest BCUT2D eigenvalue weighted by molar-refractivity contribution is 7.25. The number of aromatic nitrogens is 3. The summed E-state index contributed by atoms with van der Waals surface area (Å²) in [4.78, 5) is 15.8. The zero-order valence-electron chi connectivity index (χ0n) is 33.5. The molecule has 0 amide bonds. The maximum atomic E-state index is 5.37. The number of hydrogen-bond donors (Lipinski definition) is 0. The van der Waals surface area contributed by atoms with Gasteiger partial charge in [0, 0.05) is 36.9 Å². The van der Waals surface area contributed by atoms with Gasteiger partial charge in [-0.2, -0.15) is 0 Å². The molecular weight excluding hydrogens is 771 g/mol. The molecule has 1 spiro atoms.